The molecule has 4 nitrogen and oxygen atoms in total. The van der Waals surface area contributed by atoms with E-state index in [4.69, 9.17) is 23.8 Å². The molecule has 1 heterocycles. The molecule has 7 heteroatoms. The summed E-state index contributed by atoms with van der Waals surface area (Å²) in [6, 6.07) is 8.48. The highest BCUT2D eigenvalue weighted by molar-refractivity contribution is 8.26. The lowest BCUT2D eigenvalue weighted by atomic mass is 10.2. The lowest BCUT2D eigenvalue weighted by Crippen LogP contribution is -2.43. The second kappa shape index (κ2) is 7.77. The molecule has 1 N–H and O–H groups in total. The first-order valence-corrected chi connectivity index (χ1v) is 8.46. The van der Waals surface area contributed by atoms with Crippen molar-refractivity contribution in [3.63, 3.8) is 0 Å². The SMILES string of the molecule is CCC(C(=O)O)N1C(=O)C(=CC(Cl)=Cc2ccccc2)SC1=S. The molecule has 1 aromatic carbocycles. The first-order chi connectivity index (χ1) is 10.9. The van der Waals surface area contributed by atoms with Crippen molar-refractivity contribution in [3.05, 3.63) is 51.9 Å². The van der Waals surface area contributed by atoms with Crippen LogP contribution in [0.5, 0.6) is 0 Å². The minimum atomic E-state index is -1.07. The molecule has 1 unspecified atom stereocenters. The number of thiocarbonyl (C=S) groups is 1. The summed E-state index contributed by atoms with van der Waals surface area (Å²) in [6.45, 7) is 1.70. The fraction of sp³-hybridized carbons (Fsp3) is 0.188. The van der Waals surface area contributed by atoms with Crippen LogP contribution < -0.4 is 0 Å². The number of carbonyl (C=O) groups is 2. The van der Waals surface area contributed by atoms with Gasteiger partial charge in [0.2, 0.25) is 0 Å². The van der Waals surface area contributed by atoms with Gasteiger partial charge in [-0.1, -0.05) is 72.8 Å². The van der Waals surface area contributed by atoms with Crippen LogP contribution in [0.3, 0.4) is 0 Å². The summed E-state index contributed by atoms with van der Waals surface area (Å²) in [5.74, 6) is -1.50. The summed E-state index contributed by atoms with van der Waals surface area (Å²) in [7, 11) is 0. The highest BCUT2D eigenvalue weighted by Crippen LogP contribution is 2.34. The summed E-state index contributed by atoms with van der Waals surface area (Å²) in [5, 5.41) is 9.59. The first kappa shape index (κ1) is 17.7. The Bertz CT molecular complexity index is 701. The van der Waals surface area contributed by atoms with Crippen molar-refractivity contribution >= 4 is 57.9 Å². The number of hydrogen-bond donors (Lipinski definition) is 1. The van der Waals surface area contributed by atoms with E-state index in [0.717, 1.165) is 22.2 Å². The summed E-state index contributed by atoms with van der Waals surface area (Å²) in [5.41, 5.74) is 0.904. The predicted molar refractivity (Wildman–Crippen MR) is 97.1 cm³/mol. The number of amides is 1. The zero-order valence-electron chi connectivity index (χ0n) is 12.2. The van der Waals surface area contributed by atoms with Crippen LogP contribution in [0.2, 0.25) is 0 Å². The lowest BCUT2D eigenvalue weighted by molar-refractivity contribution is -0.145. The Morgan fingerprint density at radius 1 is 1.43 bits per heavy atom. The Labute approximate surface area is 148 Å². The van der Waals surface area contributed by atoms with Crippen LogP contribution in [0.15, 0.2) is 46.3 Å². The standard InChI is InChI=1S/C16H14ClNO3S2/c1-2-12(15(20)21)18-14(19)13(23-16(18)22)9-11(17)8-10-6-4-3-5-7-10/h3-9,12H,2H2,1H3,(H,20,21). The van der Waals surface area contributed by atoms with Crippen LogP contribution in [0, 0.1) is 0 Å². The zero-order valence-corrected chi connectivity index (χ0v) is 14.6. The van der Waals surface area contributed by atoms with Crippen molar-refractivity contribution in [2.24, 2.45) is 0 Å². The molecule has 0 radical (unpaired) electrons. The summed E-state index contributed by atoms with van der Waals surface area (Å²) >= 11 is 12.4. The average molecular weight is 368 g/mol. The Kier molecular flexibility index (Phi) is 5.98. The van der Waals surface area contributed by atoms with Gasteiger partial charge in [-0.15, -0.1) is 0 Å². The van der Waals surface area contributed by atoms with E-state index < -0.39 is 17.9 Å². The Hall–Kier alpha value is -1.63. The molecule has 1 atom stereocenters. The summed E-state index contributed by atoms with van der Waals surface area (Å²) < 4.78 is 0.236. The maximum absolute atomic E-state index is 12.4. The van der Waals surface area contributed by atoms with Gasteiger partial charge in [0.05, 0.1) is 4.91 Å². The van der Waals surface area contributed by atoms with Gasteiger partial charge in [-0.2, -0.15) is 0 Å². The molecule has 0 bridgehead atoms. The molecule has 1 aliphatic rings. The number of carboxylic acid groups (broad SMARTS) is 1. The van der Waals surface area contributed by atoms with Gasteiger partial charge >= 0.3 is 5.97 Å². The van der Waals surface area contributed by atoms with E-state index in [1.165, 1.54) is 6.08 Å². The van der Waals surface area contributed by atoms with E-state index in [9.17, 15) is 14.7 Å². The van der Waals surface area contributed by atoms with Crippen molar-refractivity contribution < 1.29 is 14.7 Å². The Balaban J connectivity index is 2.25. The Morgan fingerprint density at radius 2 is 2.09 bits per heavy atom. The van der Waals surface area contributed by atoms with E-state index in [1.54, 1.807) is 13.0 Å². The van der Waals surface area contributed by atoms with Crippen LogP contribution in [-0.4, -0.2) is 32.2 Å². The van der Waals surface area contributed by atoms with Crippen LogP contribution in [0.25, 0.3) is 6.08 Å². The summed E-state index contributed by atoms with van der Waals surface area (Å²) in [4.78, 5) is 25.1. The number of allylic oxidation sites excluding steroid dienone is 2. The van der Waals surface area contributed by atoms with Gasteiger partial charge in [-0.3, -0.25) is 9.69 Å². The number of hydrogen-bond acceptors (Lipinski definition) is 4. The van der Waals surface area contributed by atoms with Crippen LogP contribution in [0.1, 0.15) is 18.9 Å². The molecule has 1 aromatic rings. The van der Waals surface area contributed by atoms with Crippen molar-refractivity contribution in [1.82, 2.24) is 4.90 Å². The average Bonchev–Trinajstić information content (AvgIpc) is 2.76. The molecule has 0 saturated carbocycles. The first-order valence-electron chi connectivity index (χ1n) is 6.86. The second-order valence-electron chi connectivity index (χ2n) is 4.75. The predicted octanol–water partition coefficient (Wildman–Crippen LogP) is 3.87. The number of rotatable bonds is 5. The van der Waals surface area contributed by atoms with Crippen molar-refractivity contribution in [1.29, 1.82) is 0 Å². The smallest absolute Gasteiger partial charge is 0.326 e. The third-order valence-electron chi connectivity index (χ3n) is 3.18. The van der Waals surface area contributed by atoms with Crippen LogP contribution in [0.4, 0.5) is 0 Å². The number of halogens is 1. The molecular formula is C16H14ClNO3S2. The number of nitrogens with zero attached hydrogens (tertiary/aromatic N) is 1. The minimum absolute atomic E-state index is 0.236. The number of benzene rings is 1. The molecule has 120 valence electrons. The van der Waals surface area contributed by atoms with E-state index in [2.05, 4.69) is 0 Å². The number of aliphatic carboxylic acids is 1. The third-order valence-corrected chi connectivity index (χ3v) is 4.73. The van der Waals surface area contributed by atoms with Crippen molar-refractivity contribution in [3.8, 4) is 0 Å². The van der Waals surface area contributed by atoms with E-state index >= 15 is 0 Å². The monoisotopic (exact) mass is 367 g/mol. The second-order valence-corrected chi connectivity index (χ2v) is 6.87. The van der Waals surface area contributed by atoms with Crippen molar-refractivity contribution in [2.75, 3.05) is 0 Å². The fourth-order valence-electron chi connectivity index (χ4n) is 2.09. The van der Waals surface area contributed by atoms with Gasteiger partial charge in [-0.25, -0.2) is 4.79 Å². The molecule has 1 aliphatic heterocycles. The van der Waals surface area contributed by atoms with Crippen molar-refractivity contribution in [2.45, 2.75) is 19.4 Å². The number of thioether (sulfide) groups is 1. The molecule has 23 heavy (non-hydrogen) atoms. The van der Waals surface area contributed by atoms with Gasteiger partial charge in [0.15, 0.2) is 0 Å². The molecule has 0 aromatic heterocycles. The highest BCUT2D eigenvalue weighted by atomic mass is 35.5. The maximum Gasteiger partial charge on any atom is 0.326 e. The molecule has 1 amide bonds. The summed E-state index contributed by atoms with van der Waals surface area (Å²) in [6.07, 6.45) is 3.52. The minimum Gasteiger partial charge on any atom is -0.480 e. The molecule has 2 rings (SSSR count). The zero-order chi connectivity index (χ0) is 17.0. The molecule has 0 aliphatic carbocycles. The highest BCUT2D eigenvalue weighted by Gasteiger charge is 2.39. The molecule has 1 fully saturated rings. The maximum atomic E-state index is 12.4. The van der Waals surface area contributed by atoms with Gasteiger partial charge < -0.3 is 5.11 Å². The van der Waals surface area contributed by atoms with E-state index in [-0.39, 0.29) is 10.7 Å². The molecular weight excluding hydrogens is 354 g/mol. The van der Waals surface area contributed by atoms with E-state index in [1.807, 2.05) is 30.3 Å². The van der Waals surface area contributed by atoms with Gasteiger partial charge in [0.25, 0.3) is 5.91 Å². The van der Waals surface area contributed by atoms with Gasteiger partial charge in [0.1, 0.15) is 10.4 Å². The van der Waals surface area contributed by atoms with Crippen LogP contribution in [-0.2, 0) is 9.59 Å². The third kappa shape index (κ3) is 4.22. The quantitative estimate of drug-likeness (QED) is 0.632. The van der Waals surface area contributed by atoms with E-state index in [0.29, 0.717) is 9.94 Å². The van der Waals surface area contributed by atoms with Gasteiger partial charge in [0, 0.05) is 5.03 Å². The number of carboxylic acids is 1. The topological polar surface area (TPSA) is 57.6 Å². The number of carbonyl (C=O) groups excluding carboxylic acids is 1. The fourth-order valence-corrected chi connectivity index (χ4v) is 3.74. The molecule has 0 spiro atoms. The lowest BCUT2D eigenvalue weighted by Gasteiger charge is -2.21. The normalized spacial score (nSPS) is 18.6. The Morgan fingerprint density at radius 3 is 2.65 bits per heavy atom. The molecule has 1 saturated heterocycles. The van der Waals surface area contributed by atoms with Gasteiger partial charge in [-0.05, 0) is 24.1 Å². The van der Waals surface area contributed by atoms with Crippen LogP contribution >= 0.6 is 35.6 Å². The largest absolute Gasteiger partial charge is 0.480 e.